The van der Waals surface area contributed by atoms with Gasteiger partial charge in [0.15, 0.2) is 0 Å². The summed E-state index contributed by atoms with van der Waals surface area (Å²) in [6, 6.07) is 8.85. The van der Waals surface area contributed by atoms with E-state index in [0.29, 0.717) is 15.7 Å². The van der Waals surface area contributed by atoms with Gasteiger partial charge in [-0.3, -0.25) is 4.79 Å². The quantitative estimate of drug-likeness (QED) is 0.807. The van der Waals surface area contributed by atoms with Crippen LogP contribution in [-0.2, 0) is 0 Å². The molecule has 3 N–H and O–H groups in total. The van der Waals surface area contributed by atoms with Crippen LogP contribution in [0.5, 0.6) is 0 Å². The molecule has 0 unspecified atom stereocenters. The zero-order chi connectivity index (χ0) is 14.0. The lowest BCUT2D eigenvalue weighted by Gasteiger charge is -2.07. The first kappa shape index (κ1) is 13.8. The molecular weight excluding hydrogens is 335 g/mol. The summed E-state index contributed by atoms with van der Waals surface area (Å²) in [7, 11) is 0. The van der Waals surface area contributed by atoms with Gasteiger partial charge < -0.3 is 11.1 Å². The number of nitrogen functional groups attached to an aromatic ring is 1. The lowest BCUT2D eigenvalue weighted by Crippen LogP contribution is -2.13. The van der Waals surface area contributed by atoms with Crippen LogP contribution in [0.3, 0.4) is 0 Å². The number of benzene rings is 2. The van der Waals surface area contributed by atoms with Crippen molar-refractivity contribution in [2.24, 2.45) is 0 Å². The number of hydrogen-bond acceptors (Lipinski definition) is 2. The maximum atomic E-state index is 13.6. The molecule has 2 rings (SSSR count). The number of carbonyl (C=O) groups excluding carboxylic acids is 1. The molecule has 0 radical (unpaired) electrons. The lowest BCUT2D eigenvalue weighted by atomic mass is 10.2. The van der Waals surface area contributed by atoms with Gasteiger partial charge in [-0.05, 0) is 36.4 Å². The van der Waals surface area contributed by atoms with Crippen LogP contribution >= 0.6 is 27.5 Å². The fourth-order valence-corrected chi connectivity index (χ4v) is 1.97. The largest absolute Gasteiger partial charge is 0.398 e. The molecule has 0 heterocycles. The van der Waals surface area contributed by atoms with Gasteiger partial charge in [-0.15, -0.1) is 0 Å². The van der Waals surface area contributed by atoms with Crippen LogP contribution in [0.4, 0.5) is 15.8 Å². The summed E-state index contributed by atoms with van der Waals surface area (Å²) in [5, 5.41) is 2.75. The van der Waals surface area contributed by atoms with Gasteiger partial charge >= 0.3 is 0 Å². The number of anilines is 2. The summed E-state index contributed by atoms with van der Waals surface area (Å²) in [5.74, 6) is -0.979. The van der Waals surface area contributed by atoms with Crippen molar-refractivity contribution >= 4 is 44.8 Å². The van der Waals surface area contributed by atoms with Crippen molar-refractivity contribution in [3.05, 3.63) is 57.3 Å². The molecule has 2 aromatic rings. The van der Waals surface area contributed by atoms with E-state index >= 15 is 0 Å². The first-order valence-corrected chi connectivity index (χ1v) is 6.46. The maximum absolute atomic E-state index is 13.6. The predicted octanol–water partition coefficient (Wildman–Crippen LogP) is 4.08. The number of rotatable bonds is 2. The Balaban J connectivity index is 2.23. The summed E-state index contributed by atoms with van der Waals surface area (Å²) in [5.41, 5.74) is 6.34. The van der Waals surface area contributed by atoms with E-state index in [9.17, 15) is 9.18 Å². The predicted molar refractivity (Wildman–Crippen MR) is 77.9 cm³/mol. The monoisotopic (exact) mass is 342 g/mol. The molecule has 19 heavy (non-hydrogen) atoms. The fraction of sp³-hybridized carbons (Fsp3) is 0. The molecule has 1 amide bonds. The fourth-order valence-electron chi connectivity index (χ4n) is 1.45. The van der Waals surface area contributed by atoms with Gasteiger partial charge in [-0.25, -0.2) is 4.39 Å². The minimum absolute atomic E-state index is 0.0983. The Labute approximate surface area is 122 Å². The Morgan fingerprint density at radius 1 is 1.26 bits per heavy atom. The van der Waals surface area contributed by atoms with Crippen molar-refractivity contribution < 1.29 is 9.18 Å². The Kier molecular flexibility index (Phi) is 4.07. The normalized spacial score (nSPS) is 10.3. The van der Waals surface area contributed by atoms with Gasteiger partial charge in [0, 0.05) is 10.0 Å². The Hall–Kier alpha value is -1.59. The van der Waals surface area contributed by atoms with Crippen LogP contribution in [-0.4, -0.2) is 5.91 Å². The first-order chi connectivity index (χ1) is 8.97. The zero-order valence-corrected chi connectivity index (χ0v) is 11.9. The number of nitrogens with one attached hydrogen (secondary N) is 1. The highest BCUT2D eigenvalue weighted by atomic mass is 79.9. The molecule has 0 aliphatic carbocycles. The molecule has 6 heteroatoms. The third-order valence-corrected chi connectivity index (χ3v) is 3.26. The van der Waals surface area contributed by atoms with Crippen molar-refractivity contribution in [3.63, 3.8) is 0 Å². The van der Waals surface area contributed by atoms with E-state index < -0.39 is 11.7 Å². The van der Waals surface area contributed by atoms with Crippen molar-refractivity contribution in [1.29, 1.82) is 0 Å². The maximum Gasteiger partial charge on any atom is 0.255 e. The molecule has 0 bridgehead atoms. The van der Waals surface area contributed by atoms with Crippen molar-refractivity contribution in [1.82, 2.24) is 0 Å². The third-order valence-electron chi connectivity index (χ3n) is 2.44. The molecule has 2 aromatic carbocycles. The molecule has 0 fully saturated rings. The SMILES string of the molecule is Nc1ccc(C(=O)Nc2ccc(Br)cc2F)cc1Cl. The van der Waals surface area contributed by atoms with Crippen LogP contribution in [0.1, 0.15) is 10.4 Å². The van der Waals surface area contributed by atoms with Gasteiger partial charge in [-0.1, -0.05) is 27.5 Å². The standard InChI is InChI=1S/C13H9BrClFN2O/c14-8-2-4-12(10(16)6-8)18-13(19)7-1-3-11(17)9(15)5-7/h1-6H,17H2,(H,18,19). The zero-order valence-electron chi connectivity index (χ0n) is 9.58. The van der Waals surface area contributed by atoms with E-state index in [1.165, 1.54) is 30.3 Å². The summed E-state index contributed by atoms with van der Waals surface area (Å²) < 4.78 is 14.2. The number of carbonyl (C=O) groups is 1. The Morgan fingerprint density at radius 3 is 2.63 bits per heavy atom. The van der Waals surface area contributed by atoms with Gasteiger partial charge in [0.25, 0.3) is 5.91 Å². The highest BCUT2D eigenvalue weighted by Crippen LogP contribution is 2.22. The summed E-state index contributed by atoms with van der Waals surface area (Å²) in [6.07, 6.45) is 0. The third kappa shape index (κ3) is 3.24. The van der Waals surface area contributed by atoms with E-state index in [1.54, 1.807) is 6.07 Å². The van der Waals surface area contributed by atoms with Crippen molar-refractivity contribution in [3.8, 4) is 0 Å². The Bertz CT molecular complexity index is 649. The van der Waals surface area contributed by atoms with Crippen molar-refractivity contribution in [2.45, 2.75) is 0 Å². The topological polar surface area (TPSA) is 55.1 Å². The average Bonchev–Trinajstić information content (AvgIpc) is 2.36. The highest BCUT2D eigenvalue weighted by Gasteiger charge is 2.10. The van der Waals surface area contributed by atoms with Crippen LogP contribution < -0.4 is 11.1 Å². The summed E-state index contributed by atoms with van der Waals surface area (Å²) in [6.45, 7) is 0. The average molecular weight is 344 g/mol. The lowest BCUT2D eigenvalue weighted by molar-refractivity contribution is 0.102. The molecule has 0 saturated heterocycles. The second-order valence-corrected chi connectivity index (χ2v) is 5.14. The molecule has 0 aliphatic heterocycles. The van der Waals surface area contributed by atoms with Crippen LogP contribution in [0.25, 0.3) is 0 Å². The molecule has 0 spiro atoms. The molecular formula is C13H9BrClFN2O. The Morgan fingerprint density at radius 2 is 2.00 bits per heavy atom. The second-order valence-electron chi connectivity index (χ2n) is 3.81. The van der Waals surface area contributed by atoms with Crippen LogP contribution in [0.15, 0.2) is 40.9 Å². The minimum atomic E-state index is -0.524. The van der Waals surface area contributed by atoms with E-state index in [4.69, 9.17) is 17.3 Å². The number of hydrogen-bond donors (Lipinski definition) is 2. The highest BCUT2D eigenvalue weighted by molar-refractivity contribution is 9.10. The summed E-state index contributed by atoms with van der Waals surface area (Å²) >= 11 is 8.97. The number of nitrogens with two attached hydrogens (primary N) is 1. The molecule has 98 valence electrons. The molecule has 0 atom stereocenters. The summed E-state index contributed by atoms with van der Waals surface area (Å²) in [4.78, 5) is 11.9. The van der Waals surface area contributed by atoms with Gasteiger partial charge in [0.2, 0.25) is 0 Å². The first-order valence-electron chi connectivity index (χ1n) is 5.29. The molecule has 3 nitrogen and oxygen atoms in total. The van der Waals surface area contributed by atoms with Crippen LogP contribution in [0, 0.1) is 5.82 Å². The van der Waals surface area contributed by atoms with E-state index in [-0.39, 0.29) is 10.7 Å². The van der Waals surface area contributed by atoms with Gasteiger partial charge in [0.05, 0.1) is 16.4 Å². The molecule has 0 saturated carbocycles. The minimum Gasteiger partial charge on any atom is -0.398 e. The smallest absolute Gasteiger partial charge is 0.255 e. The van der Waals surface area contributed by atoms with Crippen molar-refractivity contribution in [2.75, 3.05) is 11.1 Å². The van der Waals surface area contributed by atoms with Gasteiger partial charge in [-0.2, -0.15) is 0 Å². The van der Waals surface area contributed by atoms with E-state index in [0.717, 1.165) is 0 Å². The molecule has 0 aliphatic rings. The van der Waals surface area contributed by atoms with E-state index in [1.807, 2.05) is 0 Å². The number of amides is 1. The second kappa shape index (κ2) is 5.59. The van der Waals surface area contributed by atoms with E-state index in [2.05, 4.69) is 21.2 Å². The number of halogens is 3. The molecule has 0 aromatic heterocycles. The van der Waals surface area contributed by atoms with Crippen LogP contribution in [0.2, 0.25) is 5.02 Å². The van der Waals surface area contributed by atoms with Gasteiger partial charge in [0.1, 0.15) is 5.82 Å².